The number of carbonyl (C=O) groups excluding carboxylic acids is 1. The third kappa shape index (κ3) is 3.51. The molecule has 2 saturated heterocycles. The lowest BCUT2D eigenvalue weighted by Gasteiger charge is -2.27. The van der Waals surface area contributed by atoms with Gasteiger partial charge in [0.15, 0.2) is 0 Å². The minimum atomic E-state index is 0.157. The predicted molar refractivity (Wildman–Crippen MR) is 92.3 cm³/mol. The van der Waals surface area contributed by atoms with Crippen molar-refractivity contribution in [1.29, 1.82) is 0 Å². The van der Waals surface area contributed by atoms with Crippen LogP contribution < -0.4 is 5.32 Å². The first-order valence-electron chi connectivity index (χ1n) is 8.84. The average Bonchev–Trinajstić information content (AvgIpc) is 2.92. The summed E-state index contributed by atoms with van der Waals surface area (Å²) in [6.45, 7) is 3.55. The number of likely N-dealkylation sites (tertiary alicyclic amines) is 1. The van der Waals surface area contributed by atoms with Gasteiger partial charge in [-0.1, -0.05) is 30.7 Å². The number of carbonyl (C=O) groups is 1. The van der Waals surface area contributed by atoms with Gasteiger partial charge in [-0.2, -0.15) is 5.10 Å². The molecular weight excluding hydrogens is 300 g/mol. The number of hydrogen-bond acceptors (Lipinski definition) is 3. The van der Waals surface area contributed by atoms with Gasteiger partial charge in [-0.15, -0.1) is 0 Å². The summed E-state index contributed by atoms with van der Waals surface area (Å²) in [6, 6.07) is 11.0. The maximum Gasteiger partial charge on any atom is 0.224 e. The third-order valence-corrected chi connectivity index (χ3v) is 5.08. The highest BCUT2D eigenvalue weighted by atomic mass is 16.2. The van der Waals surface area contributed by atoms with Crippen LogP contribution in [0.1, 0.15) is 30.4 Å². The Kier molecular flexibility index (Phi) is 4.34. The van der Waals surface area contributed by atoms with Gasteiger partial charge < -0.3 is 5.32 Å². The zero-order chi connectivity index (χ0) is 16.4. The van der Waals surface area contributed by atoms with Gasteiger partial charge in [-0.3, -0.25) is 14.4 Å². The Hall–Kier alpha value is -2.14. The number of rotatable bonds is 4. The van der Waals surface area contributed by atoms with E-state index in [-0.39, 0.29) is 11.8 Å². The summed E-state index contributed by atoms with van der Waals surface area (Å²) >= 11 is 0. The molecule has 24 heavy (non-hydrogen) atoms. The zero-order valence-corrected chi connectivity index (χ0v) is 13.9. The molecule has 126 valence electrons. The van der Waals surface area contributed by atoms with Crippen molar-refractivity contribution >= 4 is 5.91 Å². The zero-order valence-electron chi connectivity index (χ0n) is 13.9. The van der Waals surface area contributed by atoms with Gasteiger partial charge in [-0.25, -0.2) is 0 Å². The van der Waals surface area contributed by atoms with Crippen LogP contribution in [-0.2, 0) is 17.9 Å². The minimum absolute atomic E-state index is 0.157. The Morgan fingerprint density at radius 1 is 1.12 bits per heavy atom. The second-order valence-corrected chi connectivity index (χ2v) is 7.05. The topological polar surface area (TPSA) is 50.2 Å². The van der Waals surface area contributed by atoms with Crippen molar-refractivity contribution in [3.63, 3.8) is 0 Å². The van der Waals surface area contributed by atoms with Gasteiger partial charge >= 0.3 is 0 Å². The molecule has 3 heterocycles. The fourth-order valence-corrected chi connectivity index (χ4v) is 3.94. The fourth-order valence-electron chi connectivity index (χ4n) is 3.94. The van der Waals surface area contributed by atoms with E-state index in [1.807, 2.05) is 23.1 Å². The molecule has 1 N–H and O–H groups in total. The molecule has 2 fully saturated rings. The molecule has 1 aromatic carbocycles. The molecule has 0 radical (unpaired) electrons. The molecule has 2 aliphatic heterocycles. The molecule has 0 spiro atoms. The minimum Gasteiger partial charge on any atom is -0.352 e. The third-order valence-electron chi connectivity index (χ3n) is 5.08. The SMILES string of the molecule is O=C1N[C@H]2CCC[C@@H]1CN(Cc1cccc(Cn3cccn3)c1)C2. The normalized spacial score (nSPS) is 24.4. The molecule has 4 rings (SSSR count). The second kappa shape index (κ2) is 6.77. The number of nitrogens with zero attached hydrogens (tertiary/aromatic N) is 3. The molecular formula is C19H24N4O. The summed E-state index contributed by atoms with van der Waals surface area (Å²) in [5.74, 6) is 0.414. The van der Waals surface area contributed by atoms with Crippen molar-refractivity contribution in [3.8, 4) is 0 Å². The van der Waals surface area contributed by atoms with Crippen LogP contribution in [0.4, 0.5) is 0 Å². The van der Waals surface area contributed by atoms with Crippen LogP contribution in [0, 0.1) is 5.92 Å². The lowest BCUT2D eigenvalue weighted by Crippen LogP contribution is -2.38. The number of fused-ring (bicyclic) bond motifs is 3. The smallest absolute Gasteiger partial charge is 0.224 e. The highest BCUT2D eigenvalue weighted by molar-refractivity contribution is 5.79. The van der Waals surface area contributed by atoms with Crippen molar-refractivity contribution in [2.24, 2.45) is 5.92 Å². The summed E-state index contributed by atoms with van der Waals surface area (Å²) in [4.78, 5) is 14.6. The number of aromatic nitrogens is 2. The Balaban J connectivity index is 1.46. The first-order chi connectivity index (χ1) is 11.8. The maximum atomic E-state index is 12.2. The summed E-state index contributed by atoms with van der Waals surface area (Å²) in [5.41, 5.74) is 2.58. The fraction of sp³-hybridized carbons (Fsp3) is 0.474. The van der Waals surface area contributed by atoms with E-state index < -0.39 is 0 Å². The van der Waals surface area contributed by atoms with Crippen molar-refractivity contribution in [2.75, 3.05) is 13.1 Å². The van der Waals surface area contributed by atoms with Crippen molar-refractivity contribution in [2.45, 2.75) is 38.4 Å². The van der Waals surface area contributed by atoms with Gasteiger partial charge in [-0.05, 0) is 30.0 Å². The Labute approximate surface area is 142 Å². The van der Waals surface area contributed by atoms with Gasteiger partial charge in [0.2, 0.25) is 5.91 Å². The lowest BCUT2D eigenvalue weighted by atomic mass is 9.99. The molecule has 0 aliphatic carbocycles. The van der Waals surface area contributed by atoms with Crippen molar-refractivity contribution in [3.05, 3.63) is 53.9 Å². The van der Waals surface area contributed by atoms with Crippen LogP contribution in [0.15, 0.2) is 42.7 Å². The van der Waals surface area contributed by atoms with Crippen LogP contribution in [0.3, 0.4) is 0 Å². The van der Waals surface area contributed by atoms with Crippen LogP contribution in [0.2, 0.25) is 0 Å². The molecule has 0 saturated carbocycles. The number of nitrogens with one attached hydrogen (secondary N) is 1. The van der Waals surface area contributed by atoms with Crippen molar-refractivity contribution < 1.29 is 4.79 Å². The van der Waals surface area contributed by atoms with Crippen molar-refractivity contribution in [1.82, 2.24) is 20.0 Å². The number of benzene rings is 1. The summed E-state index contributed by atoms with van der Waals surface area (Å²) in [7, 11) is 0. The molecule has 5 heteroatoms. The molecule has 1 amide bonds. The highest BCUT2D eigenvalue weighted by Crippen LogP contribution is 2.23. The van der Waals surface area contributed by atoms with Crippen LogP contribution in [0.5, 0.6) is 0 Å². The van der Waals surface area contributed by atoms with E-state index >= 15 is 0 Å². The van der Waals surface area contributed by atoms with E-state index in [1.54, 1.807) is 0 Å². The number of hydrogen-bond donors (Lipinski definition) is 1. The molecule has 0 unspecified atom stereocenters. The first-order valence-corrected chi connectivity index (χ1v) is 8.84. The molecule has 5 nitrogen and oxygen atoms in total. The van der Waals surface area contributed by atoms with Crippen LogP contribution in [-0.4, -0.2) is 39.7 Å². The number of amides is 1. The Morgan fingerprint density at radius 3 is 2.83 bits per heavy atom. The summed E-state index contributed by atoms with van der Waals surface area (Å²) in [5, 5.41) is 7.48. The Bertz CT molecular complexity index is 697. The van der Waals surface area contributed by atoms with E-state index in [4.69, 9.17) is 0 Å². The first kappa shape index (κ1) is 15.4. The maximum absolute atomic E-state index is 12.2. The van der Waals surface area contributed by atoms with Crippen LogP contribution in [0.25, 0.3) is 0 Å². The van der Waals surface area contributed by atoms with E-state index in [2.05, 4.69) is 39.6 Å². The molecule has 1 aromatic heterocycles. The van der Waals surface area contributed by atoms with E-state index in [1.165, 1.54) is 17.5 Å². The van der Waals surface area contributed by atoms with Gasteiger partial charge in [0.1, 0.15) is 0 Å². The average molecular weight is 324 g/mol. The molecule has 2 bridgehead atoms. The molecule has 2 aromatic rings. The summed E-state index contributed by atoms with van der Waals surface area (Å²) in [6.07, 6.45) is 7.10. The van der Waals surface area contributed by atoms with Gasteiger partial charge in [0, 0.05) is 38.1 Å². The largest absolute Gasteiger partial charge is 0.352 e. The second-order valence-electron chi connectivity index (χ2n) is 7.05. The van der Waals surface area contributed by atoms with Crippen LogP contribution >= 0.6 is 0 Å². The quantitative estimate of drug-likeness (QED) is 0.936. The summed E-state index contributed by atoms with van der Waals surface area (Å²) < 4.78 is 1.94. The van der Waals surface area contributed by atoms with E-state index in [0.717, 1.165) is 39.0 Å². The van der Waals surface area contributed by atoms with E-state index in [0.29, 0.717) is 6.04 Å². The van der Waals surface area contributed by atoms with Gasteiger partial charge in [0.05, 0.1) is 12.5 Å². The Morgan fingerprint density at radius 2 is 2.00 bits per heavy atom. The monoisotopic (exact) mass is 324 g/mol. The standard InChI is InChI=1S/C19H24N4O/c24-19-17-6-2-7-18(21-19)14-22(13-17)11-15-4-1-5-16(10-15)12-23-9-3-8-20-23/h1,3-5,8-10,17-18H,2,6-7,11-14H2,(H,21,24)/t17-,18+/m1/s1. The van der Waals surface area contributed by atoms with Gasteiger partial charge in [0.25, 0.3) is 0 Å². The molecule has 2 aliphatic rings. The predicted octanol–water partition coefficient (Wildman–Crippen LogP) is 2.03. The highest BCUT2D eigenvalue weighted by Gasteiger charge is 2.32. The van der Waals surface area contributed by atoms with E-state index in [9.17, 15) is 4.79 Å². The lowest BCUT2D eigenvalue weighted by molar-refractivity contribution is -0.124. The molecule has 2 atom stereocenters.